The van der Waals surface area contributed by atoms with Gasteiger partial charge >= 0.3 is 23.3 Å². The summed E-state index contributed by atoms with van der Waals surface area (Å²) >= 11 is 2.37. The smallest absolute Gasteiger partial charge is 0.333 e. The minimum Gasteiger partial charge on any atom is -0.480 e. The molecule has 0 spiro atoms. The number of thiophene rings is 2. The molecule has 0 bridgehead atoms. The van der Waals surface area contributed by atoms with Crippen LogP contribution in [0.3, 0.4) is 0 Å². The minimum atomic E-state index is -1.83. The van der Waals surface area contributed by atoms with E-state index in [0.29, 0.717) is 94.4 Å². The Labute approximate surface area is 504 Å². The zero-order valence-electron chi connectivity index (χ0n) is 46.4. The second-order valence-corrected chi connectivity index (χ2v) is 22.8. The average Bonchev–Trinajstić information content (AvgIpc) is 2.94. The van der Waals surface area contributed by atoms with E-state index in [2.05, 4.69) is 19.7 Å². The number of aliphatic carboxylic acids is 2. The number of hydrogen-bond donors (Lipinski definition) is 2. The van der Waals surface area contributed by atoms with Crippen molar-refractivity contribution in [3.8, 4) is 21.5 Å². The Hall–Kier alpha value is -7.75. The molecule has 1 unspecified atom stereocenters. The second-order valence-electron chi connectivity index (χ2n) is 20.8. The summed E-state index contributed by atoms with van der Waals surface area (Å²) in [4.78, 5) is 98.0. The molecule has 2 atom stereocenters. The lowest BCUT2D eigenvalue weighted by Gasteiger charge is -2.30. The normalized spacial score (nSPS) is 14.6. The van der Waals surface area contributed by atoms with Crippen LogP contribution in [0.25, 0.3) is 51.7 Å². The van der Waals surface area contributed by atoms with E-state index in [4.69, 9.17) is 40.9 Å². The lowest BCUT2D eigenvalue weighted by molar-refractivity contribution is -0.146. The van der Waals surface area contributed by atoms with Crippen molar-refractivity contribution in [1.82, 2.24) is 28.2 Å². The van der Waals surface area contributed by atoms with Crippen LogP contribution in [0.1, 0.15) is 114 Å². The maximum Gasteiger partial charge on any atom is 0.333 e. The predicted molar refractivity (Wildman–Crippen MR) is 328 cm³/mol. The molecule has 25 heteroatoms. The Morgan fingerprint density at radius 2 is 1.00 bits per heavy atom. The topological polar surface area (TPSA) is 260 Å². The van der Waals surface area contributed by atoms with Crippen molar-refractivity contribution in [1.29, 1.82) is 0 Å². The molecule has 2 aliphatic heterocycles. The molecule has 2 aliphatic rings. The molecule has 2 aromatic carbocycles. The lowest BCUT2D eigenvalue weighted by atomic mass is 10.0. The van der Waals surface area contributed by atoms with E-state index in [0.717, 1.165) is 31.4 Å². The van der Waals surface area contributed by atoms with Gasteiger partial charge in [-0.15, -0.1) is 22.7 Å². The molecule has 2 fully saturated rings. The van der Waals surface area contributed by atoms with Crippen LogP contribution >= 0.6 is 36.2 Å². The van der Waals surface area contributed by atoms with Crippen LogP contribution in [0.4, 0.5) is 0 Å². The van der Waals surface area contributed by atoms with Crippen molar-refractivity contribution in [2.75, 3.05) is 26.4 Å². The second kappa shape index (κ2) is 28.0. The quantitative estimate of drug-likeness (QED) is 0.0757. The highest BCUT2D eigenvalue weighted by Crippen LogP contribution is 2.39. The minimum absolute atomic E-state index is 0. The van der Waals surface area contributed by atoms with E-state index in [9.17, 15) is 39.0 Å². The number of nitrogens with zero attached hydrogens (tertiary/aromatic N) is 8. The van der Waals surface area contributed by atoms with Crippen LogP contribution in [0.15, 0.2) is 101 Å². The van der Waals surface area contributed by atoms with E-state index < -0.39 is 57.7 Å². The van der Waals surface area contributed by atoms with E-state index in [1.165, 1.54) is 84.4 Å². The van der Waals surface area contributed by atoms with Crippen LogP contribution in [0, 0.1) is 27.0 Å². The molecule has 0 aliphatic carbocycles. The zero-order valence-corrected chi connectivity index (χ0v) is 49.0. The summed E-state index contributed by atoms with van der Waals surface area (Å²) in [5, 5.41) is 20.5. The molecule has 85 heavy (non-hydrogen) atoms. The highest BCUT2D eigenvalue weighted by Gasteiger charge is 2.39. The molecule has 10 rings (SSSR count). The highest BCUT2D eigenvalue weighted by molar-refractivity contribution is 7.59. The number of carboxylic acids is 2. The maximum absolute atomic E-state index is 14.1. The Kier molecular flexibility index (Phi) is 21.8. The number of carbonyl (C=O) groups is 2. The van der Waals surface area contributed by atoms with Crippen molar-refractivity contribution >= 4 is 68.5 Å². The SMILES string of the molecule is C.C.S.[C-]#[N+]Cc1ccccc1C(Cn1c(=O)n(C(C)(C)C(=O)O)c(=O)c2c(C)c(-c3ncco3)sc21)OC1CCOCC1.[C-]#[N+]Cc1ccccc1[C@@H](Cn1c(=O)n(C(C)(C)C(=O)O)c(=O)c2c(C)c(-c3ncco3)sc21)OC1CCOCC1. The van der Waals surface area contributed by atoms with Gasteiger partial charge in [0.1, 0.15) is 45.5 Å². The standard InChI is InChI=1S/2C29H30N4O7S.2CH4.H2S/c2*1-17-22-25(34)33(29(2,3)27(35)36)28(37)32(26(22)41-23(17)24-31-11-14-39-24)16-21(40-19-9-12-38-13-10-19)20-8-6-5-7-18(20)15-30-4;;;/h2*5-8,11,14,19,21H,9-10,12-13,15-16H2,1-3H3,(H,35,36);2*1H4;1H2/t21-;;;;/m1..../s1. The zero-order chi connectivity index (χ0) is 58.6. The van der Waals surface area contributed by atoms with Crippen molar-refractivity contribution in [2.45, 2.75) is 144 Å². The predicted octanol–water partition coefficient (Wildman–Crippen LogP) is 10.1. The Balaban J connectivity index is 0.000000263. The fourth-order valence-corrected chi connectivity index (χ4v) is 12.8. The summed E-state index contributed by atoms with van der Waals surface area (Å²) in [7, 11) is 0. The molecule has 8 aromatic rings. The van der Waals surface area contributed by atoms with Gasteiger partial charge in [-0.2, -0.15) is 13.5 Å². The van der Waals surface area contributed by atoms with Gasteiger partial charge in [0.25, 0.3) is 11.1 Å². The first-order valence-corrected chi connectivity index (χ1v) is 28.1. The summed E-state index contributed by atoms with van der Waals surface area (Å²) in [5.74, 6) is -2.05. The van der Waals surface area contributed by atoms with Gasteiger partial charge in [-0.25, -0.2) is 51.4 Å². The largest absolute Gasteiger partial charge is 0.480 e. The van der Waals surface area contributed by atoms with E-state index >= 15 is 0 Å². The van der Waals surface area contributed by atoms with E-state index in [1.807, 2.05) is 48.5 Å². The van der Waals surface area contributed by atoms with Crippen molar-refractivity contribution in [2.24, 2.45) is 0 Å². The number of fused-ring (bicyclic) bond motifs is 2. The molecule has 2 saturated heterocycles. The van der Waals surface area contributed by atoms with Gasteiger partial charge in [-0.05, 0) is 89.5 Å². The third kappa shape index (κ3) is 13.2. The molecule has 0 amide bonds. The molecule has 6 aromatic heterocycles. The fourth-order valence-electron chi connectivity index (χ4n) is 10.3. The van der Waals surface area contributed by atoms with Crippen molar-refractivity contribution in [3.63, 3.8) is 0 Å². The molecular formula is C60H70N8O14S3. The molecule has 2 N–H and O–H groups in total. The van der Waals surface area contributed by atoms with Gasteiger partial charge in [0.05, 0.1) is 58.2 Å². The first-order chi connectivity index (χ1) is 39.3. The number of hydrogen-bond acceptors (Lipinski definition) is 16. The number of oxazole rings is 2. The summed E-state index contributed by atoms with van der Waals surface area (Å²) < 4.78 is 39.7. The lowest BCUT2D eigenvalue weighted by Crippen LogP contribution is -2.52. The highest BCUT2D eigenvalue weighted by atomic mass is 32.1. The Morgan fingerprint density at radius 3 is 1.32 bits per heavy atom. The van der Waals surface area contributed by atoms with Gasteiger partial charge < -0.3 is 47.7 Å². The number of rotatable bonds is 18. The molecular weight excluding hydrogens is 1150 g/mol. The number of ether oxygens (including phenoxy) is 4. The maximum atomic E-state index is 14.1. The number of benzene rings is 2. The van der Waals surface area contributed by atoms with Crippen LogP contribution < -0.4 is 22.5 Å². The molecule has 0 radical (unpaired) electrons. The number of carboxylic acid groups (broad SMARTS) is 2. The molecule has 22 nitrogen and oxygen atoms in total. The molecule has 0 saturated carbocycles. The average molecular weight is 1220 g/mol. The fraction of sp³-hybridized carbons (Fsp3) is 0.433. The molecule has 8 heterocycles. The third-order valence-electron chi connectivity index (χ3n) is 14.9. The number of aryl methyl sites for hydroxylation is 2. The Bertz CT molecular complexity index is 3740. The monoisotopic (exact) mass is 1220 g/mol. The summed E-state index contributed by atoms with van der Waals surface area (Å²) in [6.45, 7) is 26.1. The summed E-state index contributed by atoms with van der Waals surface area (Å²) in [6.07, 6.45) is 6.89. The first-order valence-electron chi connectivity index (χ1n) is 26.4. The van der Waals surface area contributed by atoms with Crippen LogP contribution in [0.5, 0.6) is 0 Å². The summed E-state index contributed by atoms with van der Waals surface area (Å²) in [5.41, 5.74) is -2.47. The van der Waals surface area contributed by atoms with Crippen LogP contribution in [-0.2, 0) is 65.8 Å². The van der Waals surface area contributed by atoms with Crippen LogP contribution in [0.2, 0.25) is 0 Å². The van der Waals surface area contributed by atoms with Crippen molar-refractivity contribution in [3.05, 3.63) is 171 Å². The van der Waals surface area contributed by atoms with E-state index in [1.54, 1.807) is 13.8 Å². The van der Waals surface area contributed by atoms with Gasteiger partial charge in [0.15, 0.2) is 0 Å². The summed E-state index contributed by atoms with van der Waals surface area (Å²) in [6, 6.07) is 14.9. The molecule has 452 valence electrons. The van der Waals surface area contributed by atoms with Gasteiger partial charge in [0.2, 0.25) is 24.9 Å². The van der Waals surface area contributed by atoms with Gasteiger partial charge in [-0.3, -0.25) is 18.7 Å². The van der Waals surface area contributed by atoms with Crippen molar-refractivity contribution < 1.29 is 47.6 Å². The number of aromatic nitrogens is 6. The third-order valence-corrected chi connectivity index (χ3v) is 17.5. The van der Waals surface area contributed by atoms with Crippen LogP contribution in [-0.4, -0.2) is 89.0 Å². The van der Waals surface area contributed by atoms with Gasteiger partial charge in [-0.1, -0.05) is 63.4 Å². The van der Waals surface area contributed by atoms with Gasteiger partial charge in [0, 0.05) is 37.6 Å². The van der Waals surface area contributed by atoms with E-state index in [-0.39, 0.29) is 77.5 Å². The Morgan fingerprint density at radius 1 is 0.647 bits per heavy atom. The first kappa shape index (κ1) is 66.4.